The lowest BCUT2D eigenvalue weighted by Gasteiger charge is -2.38. The van der Waals surface area contributed by atoms with Crippen molar-refractivity contribution in [1.82, 2.24) is 10.4 Å². The number of methoxy groups -OCH3 is 1. The standard InChI is InChI=1S/C29H24BrN3O5/c1-37-25-13-7-11-21(26(25)34)27-31-23-15-14-19(30)16-22(23)29(36)33(27)32-28(35)20-10-5-6-12-24(20)38-17-18-8-3-2-4-9-18/h2-16,27,31,34H,17H2,1H3,(H,32,35). The molecule has 0 aromatic heterocycles. The second-order valence-corrected chi connectivity index (χ2v) is 9.44. The Balaban J connectivity index is 1.48. The molecule has 0 saturated heterocycles. The number of carbonyl (C=O) groups excluding carboxylic acids is 2. The van der Waals surface area contributed by atoms with Gasteiger partial charge in [0.25, 0.3) is 11.8 Å². The molecule has 192 valence electrons. The van der Waals surface area contributed by atoms with Gasteiger partial charge in [-0.25, -0.2) is 5.01 Å². The lowest BCUT2D eigenvalue weighted by molar-refractivity contribution is 0.0486. The SMILES string of the molecule is COc1cccc(C2Nc3ccc(Br)cc3C(=O)N2NC(=O)c2ccccc2OCc2ccccc2)c1O. The second-order valence-electron chi connectivity index (χ2n) is 8.52. The van der Waals surface area contributed by atoms with Crippen LogP contribution in [-0.2, 0) is 6.61 Å². The Labute approximate surface area is 227 Å². The number of hydrogen-bond donors (Lipinski definition) is 3. The quantitative estimate of drug-likeness (QED) is 0.264. The van der Waals surface area contributed by atoms with Crippen LogP contribution in [0.25, 0.3) is 0 Å². The predicted octanol–water partition coefficient (Wildman–Crippen LogP) is 5.65. The minimum absolute atomic E-state index is 0.147. The number of nitrogens with zero attached hydrogens (tertiary/aromatic N) is 1. The van der Waals surface area contributed by atoms with E-state index in [9.17, 15) is 14.7 Å². The van der Waals surface area contributed by atoms with Gasteiger partial charge in [-0.3, -0.25) is 15.0 Å². The highest BCUT2D eigenvalue weighted by molar-refractivity contribution is 9.10. The van der Waals surface area contributed by atoms with Crippen LogP contribution in [0.3, 0.4) is 0 Å². The van der Waals surface area contributed by atoms with E-state index in [1.807, 2.05) is 30.3 Å². The first-order chi connectivity index (χ1) is 18.5. The van der Waals surface area contributed by atoms with E-state index in [0.29, 0.717) is 27.0 Å². The Morgan fingerprint density at radius 2 is 1.74 bits per heavy atom. The summed E-state index contributed by atoms with van der Waals surface area (Å²) in [6.45, 7) is 0.275. The number of aromatic hydroxyl groups is 1. The van der Waals surface area contributed by atoms with E-state index in [1.54, 1.807) is 60.7 Å². The van der Waals surface area contributed by atoms with E-state index in [2.05, 4.69) is 26.7 Å². The highest BCUT2D eigenvalue weighted by Crippen LogP contribution is 2.40. The number of anilines is 1. The van der Waals surface area contributed by atoms with Crippen molar-refractivity contribution in [2.45, 2.75) is 12.8 Å². The molecule has 0 spiro atoms. The van der Waals surface area contributed by atoms with Crippen molar-refractivity contribution in [2.75, 3.05) is 12.4 Å². The number of hydrazine groups is 1. The molecule has 38 heavy (non-hydrogen) atoms. The first kappa shape index (κ1) is 25.2. The summed E-state index contributed by atoms with van der Waals surface area (Å²) in [6.07, 6.45) is -0.923. The lowest BCUT2D eigenvalue weighted by Crippen LogP contribution is -2.53. The minimum Gasteiger partial charge on any atom is -0.504 e. The number of fused-ring (bicyclic) bond motifs is 1. The van der Waals surface area contributed by atoms with Crippen LogP contribution in [0.1, 0.15) is 38.0 Å². The number of phenols is 1. The fourth-order valence-electron chi connectivity index (χ4n) is 4.22. The summed E-state index contributed by atoms with van der Waals surface area (Å²) in [5.41, 5.74) is 5.20. The molecule has 0 fully saturated rings. The zero-order chi connectivity index (χ0) is 26.6. The number of carbonyl (C=O) groups is 2. The van der Waals surface area contributed by atoms with E-state index in [4.69, 9.17) is 9.47 Å². The van der Waals surface area contributed by atoms with E-state index >= 15 is 0 Å². The molecule has 8 nitrogen and oxygen atoms in total. The van der Waals surface area contributed by atoms with Gasteiger partial charge in [-0.2, -0.15) is 0 Å². The monoisotopic (exact) mass is 573 g/mol. The molecule has 4 aromatic rings. The van der Waals surface area contributed by atoms with Crippen molar-refractivity contribution in [3.05, 3.63) is 118 Å². The van der Waals surface area contributed by atoms with Crippen molar-refractivity contribution >= 4 is 33.4 Å². The molecular formula is C29H24BrN3O5. The lowest BCUT2D eigenvalue weighted by atomic mass is 10.0. The van der Waals surface area contributed by atoms with Crippen molar-refractivity contribution in [2.24, 2.45) is 0 Å². The number of amides is 2. The summed E-state index contributed by atoms with van der Waals surface area (Å²) in [5, 5.41) is 15.3. The zero-order valence-corrected chi connectivity index (χ0v) is 21.9. The van der Waals surface area contributed by atoms with Crippen molar-refractivity contribution in [3.8, 4) is 17.2 Å². The number of hydrogen-bond acceptors (Lipinski definition) is 6. The first-order valence-corrected chi connectivity index (χ1v) is 12.6. The summed E-state index contributed by atoms with van der Waals surface area (Å²) < 4.78 is 11.9. The molecular weight excluding hydrogens is 550 g/mol. The van der Waals surface area contributed by atoms with E-state index in [1.165, 1.54) is 12.1 Å². The summed E-state index contributed by atoms with van der Waals surface area (Å²) in [4.78, 5) is 27.2. The van der Waals surface area contributed by atoms with E-state index < -0.39 is 18.0 Å². The molecule has 1 atom stereocenters. The molecule has 1 aliphatic heterocycles. The highest BCUT2D eigenvalue weighted by Gasteiger charge is 2.37. The molecule has 1 heterocycles. The molecule has 3 N–H and O–H groups in total. The van der Waals surface area contributed by atoms with Crippen LogP contribution in [0.15, 0.2) is 95.5 Å². The second kappa shape index (κ2) is 10.9. The normalized spacial score (nSPS) is 14.3. The largest absolute Gasteiger partial charge is 0.504 e. The Bertz CT molecular complexity index is 1500. The maximum atomic E-state index is 13.7. The van der Waals surface area contributed by atoms with Crippen molar-refractivity contribution < 1.29 is 24.2 Å². The smallest absolute Gasteiger partial charge is 0.276 e. The Morgan fingerprint density at radius 1 is 1.00 bits per heavy atom. The topological polar surface area (TPSA) is 100 Å². The fraction of sp³-hybridized carbons (Fsp3) is 0.103. The number of phenolic OH excluding ortho intramolecular Hbond substituents is 1. The fourth-order valence-corrected chi connectivity index (χ4v) is 4.58. The van der Waals surface area contributed by atoms with Crippen LogP contribution in [0.4, 0.5) is 5.69 Å². The summed E-state index contributed by atoms with van der Waals surface area (Å²) >= 11 is 3.40. The Hall–Kier alpha value is -4.50. The van der Waals surface area contributed by atoms with Crippen LogP contribution in [0.5, 0.6) is 17.2 Å². The van der Waals surface area contributed by atoms with Crippen LogP contribution >= 0.6 is 15.9 Å². The van der Waals surface area contributed by atoms with Gasteiger partial charge < -0.3 is 19.9 Å². The van der Waals surface area contributed by atoms with Gasteiger partial charge in [0.2, 0.25) is 0 Å². The summed E-state index contributed by atoms with van der Waals surface area (Å²) in [6, 6.07) is 26.6. The van der Waals surface area contributed by atoms with Gasteiger partial charge in [0, 0.05) is 15.7 Å². The molecule has 1 aliphatic rings. The Morgan fingerprint density at radius 3 is 2.53 bits per heavy atom. The molecule has 0 radical (unpaired) electrons. The first-order valence-electron chi connectivity index (χ1n) is 11.8. The van der Waals surface area contributed by atoms with Gasteiger partial charge in [0.05, 0.1) is 18.2 Å². The number of nitrogens with one attached hydrogen (secondary N) is 2. The van der Waals surface area contributed by atoms with Gasteiger partial charge in [0.1, 0.15) is 12.4 Å². The molecule has 0 bridgehead atoms. The van der Waals surface area contributed by atoms with Gasteiger partial charge >= 0.3 is 0 Å². The minimum atomic E-state index is -0.923. The highest BCUT2D eigenvalue weighted by atomic mass is 79.9. The van der Waals surface area contributed by atoms with Crippen LogP contribution < -0.4 is 20.2 Å². The number of ether oxygens (including phenoxy) is 2. The molecule has 0 saturated carbocycles. The average molecular weight is 574 g/mol. The van der Waals surface area contributed by atoms with E-state index in [0.717, 1.165) is 5.56 Å². The third-order valence-electron chi connectivity index (χ3n) is 6.12. The summed E-state index contributed by atoms with van der Waals surface area (Å²) in [5.74, 6) is -0.538. The van der Waals surface area contributed by atoms with Gasteiger partial charge in [-0.1, -0.05) is 70.5 Å². The summed E-state index contributed by atoms with van der Waals surface area (Å²) in [7, 11) is 1.44. The van der Waals surface area contributed by atoms with Gasteiger partial charge in [-0.05, 0) is 42.0 Å². The number of halogens is 1. The van der Waals surface area contributed by atoms with Crippen LogP contribution in [0, 0.1) is 0 Å². The molecule has 1 unspecified atom stereocenters. The predicted molar refractivity (Wildman–Crippen MR) is 146 cm³/mol. The number of para-hydroxylation sites is 2. The maximum Gasteiger partial charge on any atom is 0.276 e. The third kappa shape index (κ3) is 5.01. The Kier molecular flexibility index (Phi) is 7.19. The van der Waals surface area contributed by atoms with Crippen molar-refractivity contribution in [1.29, 1.82) is 0 Å². The average Bonchev–Trinajstić information content (AvgIpc) is 2.94. The maximum absolute atomic E-state index is 13.7. The third-order valence-corrected chi connectivity index (χ3v) is 6.61. The number of benzene rings is 4. The molecule has 4 aromatic carbocycles. The van der Waals surface area contributed by atoms with Crippen LogP contribution in [0.2, 0.25) is 0 Å². The zero-order valence-electron chi connectivity index (χ0n) is 20.4. The molecule has 0 aliphatic carbocycles. The molecule has 2 amide bonds. The van der Waals surface area contributed by atoms with Gasteiger partial charge in [-0.15, -0.1) is 0 Å². The number of rotatable bonds is 7. The van der Waals surface area contributed by atoms with Gasteiger partial charge in [0.15, 0.2) is 17.7 Å². The molecule has 9 heteroatoms. The molecule has 5 rings (SSSR count). The van der Waals surface area contributed by atoms with E-state index in [-0.39, 0.29) is 23.7 Å². The van der Waals surface area contributed by atoms with Crippen molar-refractivity contribution in [3.63, 3.8) is 0 Å². The van der Waals surface area contributed by atoms with Crippen LogP contribution in [-0.4, -0.2) is 29.0 Å².